The number of thiazole rings is 1. The van der Waals surface area contributed by atoms with E-state index in [0.29, 0.717) is 11.4 Å². The second-order valence-electron chi connectivity index (χ2n) is 7.33. The highest BCUT2D eigenvalue weighted by atomic mass is 32.1. The highest BCUT2D eigenvalue weighted by Gasteiger charge is 2.18. The van der Waals surface area contributed by atoms with Crippen LogP contribution in [-0.2, 0) is 17.8 Å². The Morgan fingerprint density at radius 3 is 2.97 bits per heavy atom. The van der Waals surface area contributed by atoms with Crippen molar-refractivity contribution >= 4 is 28.6 Å². The number of aryl methyl sites for hydroxylation is 1. The summed E-state index contributed by atoms with van der Waals surface area (Å²) in [6.45, 7) is 8.14. The van der Waals surface area contributed by atoms with E-state index in [2.05, 4.69) is 46.4 Å². The molecule has 1 N–H and O–H groups in total. The first kappa shape index (κ1) is 20.2. The number of benzene rings is 1. The summed E-state index contributed by atoms with van der Waals surface area (Å²) >= 11 is 3.10. The lowest BCUT2D eigenvalue weighted by atomic mass is 10.1. The molecule has 29 heavy (non-hydrogen) atoms. The number of aromatic nitrogens is 1. The van der Waals surface area contributed by atoms with E-state index in [4.69, 9.17) is 4.74 Å². The van der Waals surface area contributed by atoms with Crippen LogP contribution in [0.2, 0.25) is 0 Å². The summed E-state index contributed by atoms with van der Waals surface area (Å²) in [5.41, 5.74) is 3.16. The number of hydrogen-bond acceptors (Lipinski definition) is 6. The molecule has 4 rings (SSSR count). The molecule has 1 aliphatic heterocycles. The molecule has 152 valence electrons. The third kappa shape index (κ3) is 5.11. The van der Waals surface area contributed by atoms with E-state index in [0.717, 1.165) is 47.4 Å². The summed E-state index contributed by atoms with van der Waals surface area (Å²) in [4.78, 5) is 21.5. The van der Waals surface area contributed by atoms with Crippen molar-refractivity contribution < 1.29 is 9.53 Å². The average molecular weight is 428 g/mol. The zero-order chi connectivity index (χ0) is 20.2. The van der Waals surface area contributed by atoms with Crippen LogP contribution in [0.4, 0.5) is 0 Å². The number of thiophene rings is 1. The van der Waals surface area contributed by atoms with Crippen LogP contribution in [0.15, 0.2) is 41.8 Å². The SMILES string of the molecule is Cc1nc(-c2cccs2)sc1C(=O)NCc1cccc(CN2CCOC(C)C2)c1. The molecule has 3 heterocycles. The average Bonchev–Trinajstić information content (AvgIpc) is 3.36. The van der Waals surface area contributed by atoms with Crippen molar-refractivity contribution in [2.45, 2.75) is 33.0 Å². The molecule has 0 aliphatic carbocycles. The first-order valence-electron chi connectivity index (χ1n) is 9.80. The molecule has 1 saturated heterocycles. The Morgan fingerprint density at radius 2 is 2.17 bits per heavy atom. The van der Waals surface area contributed by atoms with Crippen LogP contribution >= 0.6 is 22.7 Å². The molecule has 0 saturated carbocycles. The monoisotopic (exact) mass is 427 g/mol. The van der Waals surface area contributed by atoms with Gasteiger partial charge in [0.1, 0.15) is 9.88 Å². The molecule has 0 spiro atoms. The molecule has 1 atom stereocenters. The minimum atomic E-state index is -0.0600. The van der Waals surface area contributed by atoms with Gasteiger partial charge in [-0.05, 0) is 36.4 Å². The van der Waals surface area contributed by atoms with Crippen LogP contribution < -0.4 is 5.32 Å². The maximum absolute atomic E-state index is 12.7. The second-order valence-corrected chi connectivity index (χ2v) is 9.28. The van der Waals surface area contributed by atoms with Crippen molar-refractivity contribution in [1.82, 2.24) is 15.2 Å². The van der Waals surface area contributed by atoms with Gasteiger partial charge in [-0.2, -0.15) is 0 Å². The predicted octanol–water partition coefficient (Wildman–Crippen LogP) is 4.33. The number of amides is 1. The molecule has 1 aromatic carbocycles. The van der Waals surface area contributed by atoms with E-state index in [1.807, 2.05) is 24.4 Å². The molecule has 0 radical (unpaired) electrons. The highest BCUT2D eigenvalue weighted by Crippen LogP contribution is 2.31. The van der Waals surface area contributed by atoms with Gasteiger partial charge >= 0.3 is 0 Å². The predicted molar refractivity (Wildman–Crippen MR) is 118 cm³/mol. The van der Waals surface area contributed by atoms with Crippen molar-refractivity contribution in [2.24, 2.45) is 0 Å². The Bertz CT molecular complexity index is 968. The lowest BCUT2D eigenvalue weighted by Gasteiger charge is -2.31. The molecule has 1 fully saturated rings. The summed E-state index contributed by atoms with van der Waals surface area (Å²) in [7, 11) is 0. The van der Waals surface area contributed by atoms with Gasteiger partial charge in [-0.3, -0.25) is 9.69 Å². The van der Waals surface area contributed by atoms with E-state index >= 15 is 0 Å². The summed E-state index contributed by atoms with van der Waals surface area (Å²) in [5, 5.41) is 5.98. The van der Waals surface area contributed by atoms with Crippen LogP contribution in [0.25, 0.3) is 9.88 Å². The van der Waals surface area contributed by atoms with Gasteiger partial charge in [0.2, 0.25) is 0 Å². The molecule has 1 amide bonds. The van der Waals surface area contributed by atoms with Crippen molar-refractivity contribution in [1.29, 1.82) is 0 Å². The normalized spacial score (nSPS) is 17.4. The number of rotatable bonds is 6. The number of nitrogens with one attached hydrogen (secondary N) is 1. The molecule has 0 bridgehead atoms. The molecule has 3 aromatic rings. The fourth-order valence-corrected chi connectivity index (χ4v) is 5.29. The number of nitrogens with zero attached hydrogens (tertiary/aromatic N) is 2. The Hall–Kier alpha value is -2.06. The first-order valence-corrected chi connectivity index (χ1v) is 11.5. The Kier molecular flexibility index (Phi) is 6.40. The van der Waals surface area contributed by atoms with E-state index in [1.165, 1.54) is 16.9 Å². The number of morpholine rings is 1. The smallest absolute Gasteiger partial charge is 0.263 e. The van der Waals surface area contributed by atoms with Crippen molar-refractivity contribution in [3.05, 3.63) is 63.5 Å². The summed E-state index contributed by atoms with van der Waals surface area (Å²) in [6, 6.07) is 12.5. The van der Waals surface area contributed by atoms with Gasteiger partial charge in [-0.15, -0.1) is 22.7 Å². The molecule has 1 unspecified atom stereocenters. The van der Waals surface area contributed by atoms with Crippen molar-refractivity contribution in [2.75, 3.05) is 19.7 Å². The molecule has 1 aliphatic rings. The van der Waals surface area contributed by atoms with Crippen LogP contribution in [0.1, 0.15) is 33.4 Å². The quantitative estimate of drug-likeness (QED) is 0.636. The fourth-order valence-electron chi connectivity index (χ4n) is 3.51. The highest BCUT2D eigenvalue weighted by molar-refractivity contribution is 7.22. The number of carbonyl (C=O) groups is 1. The van der Waals surface area contributed by atoms with Crippen molar-refractivity contribution in [3.8, 4) is 9.88 Å². The summed E-state index contributed by atoms with van der Waals surface area (Å²) in [6.07, 6.45) is 0.285. The fraction of sp³-hybridized carbons (Fsp3) is 0.364. The molecule has 7 heteroatoms. The maximum atomic E-state index is 12.7. The van der Waals surface area contributed by atoms with Gasteiger partial charge < -0.3 is 10.1 Å². The zero-order valence-corrected chi connectivity index (χ0v) is 18.3. The maximum Gasteiger partial charge on any atom is 0.263 e. The summed E-state index contributed by atoms with van der Waals surface area (Å²) < 4.78 is 5.62. The Morgan fingerprint density at radius 1 is 1.31 bits per heavy atom. The molecular formula is C22H25N3O2S2. The summed E-state index contributed by atoms with van der Waals surface area (Å²) in [5.74, 6) is -0.0600. The van der Waals surface area contributed by atoms with E-state index < -0.39 is 0 Å². The van der Waals surface area contributed by atoms with Crippen molar-refractivity contribution in [3.63, 3.8) is 0 Å². The van der Waals surface area contributed by atoms with Gasteiger partial charge in [-0.25, -0.2) is 4.98 Å². The van der Waals surface area contributed by atoms with Crippen LogP contribution in [0.3, 0.4) is 0 Å². The minimum Gasteiger partial charge on any atom is -0.376 e. The largest absolute Gasteiger partial charge is 0.376 e. The van der Waals surface area contributed by atoms with Gasteiger partial charge in [0, 0.05) is 26.2 Å². The van der Waals surface area contributed by atoms with E-state index in [-0.39, 0.29) is 12.0 Å². The third-order valence-corrected chi connectivity index (χ3v) is 7.11. The molecule has 2 aromatic heterocycles. The molecule has 5 nitrogen and oxygen atoms in total. The minimum absolute atomic E-state index is 0.0600. The number of hydrogen-bond donors (Lipinski definition) is 1. The van der Waals surface area contributed by atoms with E-state index in [9.17, 15) is 4.79 Å². The number of carbonyl (C=O) groups excluding carboxylic acids is 1. The van der Waals surface area contributed by atoms with Crippen LogP contribution in [-0.4, -0.2) is 41.6 Å². The van der Waals surface area contributed by atoms with E-state index in [1.54, 1.807) is 11.3 Å². The standard InChI is InChI=1S/C22H25N3O2S2/c1-15-13-25(8-9-27-15)14-18-6-3-5-17(11-18)12-23-21(26)20-16(2)24-22(29-20)19-7-4-10-28-19/h3-7,10-11,15H,8-9,12-14H2,1-2H3,(H,23,26). The second kappa shape index (κ2) is 9.17. The topological polar surface area (TPSA) is 54.5 Å². The first-order chi connectivity index (χ1) is 14.1. The number of ether oxygens (including phenoxy) is 1. The molecular weight excluding hydrogens is 402 g/mol. The Balaban J connectivity index is 1.37. The van der Waals surface area contributed by atoms with Crippen LogP contribution in [0, 0.1) is 6.92 Å². The van der Waals surface area contributed by atoms with Crippen LogP contribution in [0.5, 0.6) is 0 Å². The van der Waals surface area contributed by atoms with Gasteiger partial charge in [0.15, 0.2) is 0 Å². The van der Waals surface area contributed by atoms with Gasteiger partial charge in [0.25, 0.3) is 5.91 Å². The Labute approximate surface area is 179 Å². The lowest BCUT2D eigenvalue weighted by molar-refractivity contribution is -0.0212. The third-order valence-electron chi connectivity index (χ3n) is 4.91. The lowest BCUT2D eigenvalue weighted by Crippen LogP contribution is -2.40. The zero-order valence-electron chi connectivity index (χ0n) is 16.7. The van der Waals surface area contributed by atoms with Gasteiger partial charge in [-0.1, -0.05) is 30.3 Å². The van der Waals surface area contributed by atoms with Gasteiger partial charge in [0.05, 0.1) is 23.3 Å².